The average molecular weight is 218 g/mol. The second-order valence-electron chi connectivity index (χ2n) is 5.32. The van der Waals surface area contributed by atoms with E-state index in [1.165, 1.54) is 36.8 Å². The lowest BCUT2D eigenvalue weighted by atomic mass is 9.82. The first-order chi connectivity index (χ1) is 7.61. The Balaban J connectivity index is 0.000000160. The minimum absolute atomic E-state index is 1.00. The zero-order chi connectivity index (χ0) is 12.0. The Bertz CT molecular complexity index is 270. The summed E-state index contributed by atoms with van der Waals surface area (Å²) in [5.41, 5.74) is 2.74. The van der Waals surface area contributed by atoms with Gasteiger partial charge in [0.2, 0.25) is 0 Å². The van der Waals surface area contributed by atoms with E-state index in [0.29, 0.717) is 0 Å². The molecule has 2 atom stereocenters. The maximum atomic E-state index is 2.38. The smallest absolute Gasteiger partial charge is 0.0395 e. The summed E-state index contributed by atoms with van der Waals surface area (Å²) in [4.78, 5) is 0. The number of aryl methyl sites for hydroxylation is 2. The molecule has 1 aromatic carbocycles. The van der Waals surface area contributed by atoms with Gasteiger partial charge in [-0.2, -0.15) is 0 Å². The van der Waals surface area contributed by atoms with E-state index in [1.807, 2.05) is 0 Å². The lowest BCUT2D eigenvalue weighted by Crippen LogP contribution is -2.12. The Morgan fingerprint density at radius 3 is 1.44 bits per heavy atom. The monoisotopic (exact) mass is 218 g/mol. The SMILES string of the molecule is CC1CCCCC1C.Cc1ccccc1C. The minimum atomic E-state index is 1.00. The second kappa shape index (κ2) is 6.73. The molecule has 1 aliphatic rings. The number of hydrogen-bond donors (Lipinski definition) is 0. The Kier molecular flexibility index (Phi) is 5.59. The van der Waals surface area contributed by atoms with Crippen molar-refractivity contribution in [2.75, 3.05) is 0 Å². The minimum Gasteiger partial charge on any atom is -0.0623 e. The number of hydrogen-bond acceptors (Lipinski definition) is 0. The van der Waals surface area contributed by atoms with Crippen molar-refractivity contribution in [1.82, 2.24) is 0 Å². The van der Waals surface area contributed by atoms with Crippen LogP contribution in [0.25, 0.3) is 0 Å². The van der Waals surface area contributed by atoms with Crippen LogP contribution in [0.2, 0.25) is 0 Å². The zero-order valence-electron chi connectivity index (χ0n) is 11.3. The van der Waals surface area contributed by atoms with Gasteiger partial charge in [0.1, 0.15) is 0 Å². The third-order valence-corrected chi connectivity index (χ3v) is 3.97. The molecule has 0 nitrogen and oxygen atoms in total. The van der Waals surface area contributed by atoms with E-state index >= 15 is 0 Å². The van der Waals surface area contributed by atoms with Crippen LogP contribution < -0.4 is 0 Å². The molecule has 1 fully saturated rings. The molecule has 1 saturated carbocycles. The predicted molar refractivity (Wildman–Crippen MR) is 72.7 cm³/mol. The van der Waals surface area contributed by atoms with Crippen molar-refractivity contribution in [2.45, 2.75) is 53.4 Å². The van der Waals surface area contributed by atoms with E-state index in [-0.39, 0.29) is 0 Å². The molecule has 16 heavy (non-hydrogen) atoms. The van der Waals surface area contributed by atoms with Crippen LogP contribution in [0, 0.1) is 25.7 Å². The van der Waals surface area contributed by atoms with E-state index in [9.17, 15) is 0 Å². The maximum absolute atomic E-state index is 2.38. The summed E-state index contributed by atoms with van der Waals surface area (Å²) >= 11 is 0. The number of rotatable bonds is 0. The molecule has 0 heteroatoms. The van der Waals surface area contributed by atoms with Crippen molar-refractivity contribution in [3.05, 3.63) is 35.4 Å². The van der Waals surface area contributed by atoms with Crippen molar-refractivity contribution in [2.24, 2.45) is 11.8 Å². The molecule has 0 radical (unpaired) electrons. The molecule has 1 aromatic rings. The topological polar surface area (TPSA) is 0 Å². The average Bonchev–Trinajstić information content (AvgIpc) is 2.28. The van der Waals surface area contributed by atoms with E-state index < -0.39 is 0 Å². The van der Waals surface area contributed by atoms with Crippen LogP contribution in [0.5, 0.6) is 0 Å². The van der Waals surface area contributed by atoms with Gasteiger partial charge in [-0.15, -0.1) is 0 Å². The van der Waals surface area contributed by atoms with Crippen molar-refractivity contribution < 1.29 is 0 Å². The maximum Gasteiger partial charge on any atom is -0.0395 e. The summed E-state index contributed by atoms with van der Waals surface area (Å²) in [7, 11) is 0. The molecule has 0 bridgehead atoms. The van der Waals surface area contributed by atoms with Gasteiger partial charge in [-0.3, -0.25) is 0 Å². The highest BCUT2D eigenvalue weighted by atomic mass is 14.2. The Hall–Kier alpha value is -0.780. The normalized spacial score (nSPS) is 24.5. The summed E-state index contributed by atoms with van der Waals surface area (Å²) < 4.78 is 0. The number of benzene rings is 1. The molecule has 0 saturated heterocycles. The molecule has 1 aliphatic carbocycles. The summed E-state index contributed by atoms with van der Waals surface area (Å²) in [5, 5.41) is 0. The van der Waals surface area contributed by atoms with E-state index in [2.05, 4.69) is 52.0 Å². The molecule has 0 aromatic heterocycles. The fourth-order valence-corrected chi connectivity index (χ4v) is 2.16. The molecule has 0 amide bonds. The van der Waals surface area contributed by atoms with Crippen LogP contribution in [0.1, 0.15) is 50.7 Å². The zero-order valence-corrected chi connectivity index (χ0v) is 11.3. The predicted octanol–water partition coefficient (Wildman–Crippen LogP) is 5.14. The molecule has 2 unspecified atom stereocenters. The highest BCUT2D eigenvalue weighted by Gasteiger charge is 2.15. The molecular weight excluding hydrogens is 192 g/mol. The van der Waals surface area contributed by atoms with Gasteiger partial charge in [-0.25, -0.2) is 0 Å². The third-order valence-electron chi connectivity index (χ3n) is 3.97. The van der Waals surface area contributed by atoms with Gasteiger partial charge in [0.25, 0.3) is 0 Å². The van der Waals surface area contributed by atoms with E-state index in [4.69, 9.17) is 0 Å². The van der Waals surface area contributed by atoms with E-state index in [0.717, 1.165) is 11.8 Å². The second-order valence-corrected chi connectivity index (χ2v) is 5.32. The first kappa shape index (κ1) is 13.3. The third kappa shape index (κ3) is 4.38. The van der Waals surface area contributed by atoms with Crippen molar-refractivity contribution >= 4 is 0 Å². The Morgan fingerprint density at radius 2 is 1.19 bits per heavy atom. The van der Waals surface area contributed by atoms with Crippen molar-refractivity contribution in [3.8, 4) is 0 Å². The van der Waals surface area contributed by atoms with Gasteiger partial charge in [0, 0.05) is 0 Å². The van der Waals surface area contributed by atoms with Crippen LogP contribution in [0.15, 0.2) is 24.3 Å². The first-order valence-corrected chi connectivity index (χ1v) is 6.63. The molecular formula is C16H26. The van der Waals surface area contributed by atoms with Gasteiger partial charge in [0.05, 0.1) is 0 Å². The summed E-state index contributed by atoms with van der Waals surface area (Å²) in [6.07, 6.45) is 5.90. The highest BCUT2D eigenvalue weighted by molar-refractivity contribution is 5.23. The molecule has 0 spiro atoms. The Morgan fingerprint density at radius 1 is 0.812 bits per heavy atom. The van der Waals surface area contributed by atoms with Crippen LogP contribution in [0.4, 0.5) is 0 Å². The molecule has 0 N–H and O–H groups in total. The van der Waals surface area contributed by atoms with Gasteiger partial charge < -0.3 is 0 Å². The standard InChI is InChI=1S/C8H16.C8H10/c2*1-7-5-3-4-6-8(7)2/h7-8H,3-6H2,1-2H3;3-6H,1-2H3. The lowest BCUT2D eigenvalue weighted by Gasteiger charge is -2.24. The van der Waals surface area contributed by atoms with Gasteiger partial charge >= 0.3 is 0 Å². The van der Waals surface area contributed by atoms with Crippen LogP contribution in [-0.2, 0) is 0 Å². The fraction of sp³-hybridized carbons (Fsp3) is 0.625. The highest BCUT2D eigenvalue weighted by Crippen LogP contribution is 2.28. The van der Waals surface area contributed by atoms with Crippen molar-refractivity contribution in [3.63, 3.8) is 0 Å². The fourth-order valence-electron chi connectivity index (χ4n) is 2.16. The molecule has 2 rings (SSSR count). The van der Waals surface area contributed by atoms with Crippen molar-refractivity contribution in [1.29, 1.82) is 0 Å². The quantitative estimate of drug-likeness (QED) is 0.566. The van der Waals surface area contributed by atoms with Gasteiger partial charge in [0.15, 0.2) is 0 Å². The van der Waals surface area contributed by atoms with Crippen LogP contribution >= 0.6 is 0 Å². The summed E-state index contributed by atoms with van der Waals surface area (Å²) in [5.74, 6) is 2.01. The van der Waals surface area contributed by atoms with Gasteiger partial charge in [-0.1, -0.05) is 63.8 Å². The summed E-state index contributed by atoms with van der Waals surface area (Å²) in [6, 6.07) is 8.36. The van der Waals surface area contributed by atoms with Crippen LogP contribution in [0.3, 0.4) is 0 Å². The molecule has 0 aliphatic heterocycles. The summed E-state index contributed by atoms with van der Waals surface area (Å²) in [6.45, 7) is 9.00. The Labute approximate surface area is 101 Å². The van der Waals surface area contributed by atoms with Crippen LogP contribution in [-0.4, -0.2) is 0 Å². The first-order valence-electron chi connectivity index (χ1n) is 6.63. The van der Waals surface area contributed by atoms with Gasteiger partial charge in [-0.05, 0) is 36.8 Å². The largest absolute Gasteiger partial charge is 0.0623 e. The lowest BCUT2D eigenvalue weighted by molar-refractivity contribution is 0.277. The van der Waals surface area contributed by atoms with E-state index in [1.54, 1.807) is 0 Å². The molecule has 90 valence electrons. The molecule has 0 heterocycles.